The highest BCUT2D eigenvalue weighted by molar-refractivity contribution is 9.10. The van der Waals surface area contributed by atoms with E-state index in [2.05, 4.69) is 25.5 Å². The Morgan fingerprint density at radius 1 is 1.56 bits per heavy atom. The summed E-state index contributed by atoms with van der Waals surface area (Å²) in [5.41, 5.74) is 1.64. The van der Waals surface area contributed by atoms with E-state index in [0.29, 0.717) is 10.4 Å². The molecule has 2 nitrogen and oxygen atoms in total. The molecule has 1 unspecified atom stereocenters. The Hall–Kier alpha value is -0.610. The zero-order valence-corrected chi connectivity index (χ0v) is 12.3. The lowest BCUT2D eigenvalue weighted by molar-refractivity contribution is 0.603. The molecular formula is C13H13BrClFN2. The second-order valence-corrected chi connectivity index (χ2v) is 6.40. The predicted molar refractivity (Wildman–Crippen MR) is 74.4 cm³/mol. The van der Waals surface area contributed by atoms with Crippen molar-refractivity contribution in [1.29, 1.82) is 0 Å². The number of imidazole rings is 1. The maximum atomic E-state index is 13.7. The molecular weight excluding hydrogens is 319 g/mol. The first-order valence-electron chi connectivity index (χ1n) is 6.05. The molecule has 1 aromatic heterocycles. The molecule has 96 valence electrons. The van der Waals surface area contributed by atoms with Gasteiger partial charge in [0.05, 0.1) is 20.9 Å². The van der Waals surface area contributed by atoms with Crippen molar-refractivity contribution in [3.05, 3.63) is 28.2 Å². The first-order chi connectivity index (χ1) is 8.56. The Bertz CT molecular complexity index is 605. The maximum absolute atomic E-state index is 13.7. The maximum Gasteiger partial charge on any atom is 0.139 e. The fraction of sp³-hybridized carbons (Fsp3) is 0.462. The Morgan fingerprint density at radius 2 is 2.28 bits per heavy atom. The van der Waals surface area contributed by atoms with E-state index in [1.54, 1.807) is 6.07 Å². The number of hydrogen-bond acceptors (Lipinski definition) is 1. The fourth-order valence-electron chi connectivity index (χ4n) is 2.19. The van der Waals surface area contributed by atoms with Gasteiger partial charge in [0.25, 0.3) is 0 Å². The van der Waals surface area contributed by atoms with Gasteiger partial charge in [-0.1, -0.05) is 0 Å². The number of rotatable bonds is 3. The van der Waals surface area contributed by atoms with E-state index in [1.807, 2.05) is 6.92 Å². The van der Waals surface area contributed by atoms with Gasteiger partial charge in [-0.3, -0.25) is 0 Å². The van der Waals surface area contributed by atoms with E-state index < -0.39 is 0 Å². The van der Waals surface area contributed by atoms with Gasteiger partial charge in [0.2, 0.25) is 0 Å². The molecule has 1 aromatic carbocycles. The predicted octanol–water partition coefficient (Wildman–Crippen LogP) is 4.65. The van der Waals surface area contributed by atoms with Crippen LogP contribution in [0.1, 0.15) is 31.0 Å². The molecule has 0 aliphatic heterocycles. The van der Waals surface area contributed by atoms with Crippen LogP contribution in [0.15, 0.2) is 16.6 Å². The third-order valence-electron chi connectivity index (χ3n) is 3.31. The highest BCUT2D eigenvalue weighted by Gasteiger charge is 2.25. The second-order valence-electron chi connectivity index (χ2n) is 4.90. The lowest BCUT2D eigenvalue weighted by Gasteiger charge is -2.09. The molecule has 0 saturated heterocycles. The van der Waals surface area contributed by atoms with Crippen molar-refractivity contribution < 1.29 is 4.39 Å². The second kappa shape index (κ2) is 4.49. The molecule has 1 aliphatic carbocycles. The van der Waals surface area contributed by atoms with Gasteiger partial charge in [0, 0.05) is 12.6 Å². The summed E-state index contributed by atoms with van der Waals surface area (Å²) in [6.45, 7) is 2.79. The monoisotopic (exact) mass is 330 g/mol. The summed E-state index contributed by atoms with van der Waals surface area (Å²) in [6, 6.07) is 3.26. The van der Waals surface area contributed by atoms with Crippen molar-refractivity contribution in [3.8, 4) is 0 Å². The molecule has 18 heavy (non-hydrogen) atoms. The van der Waals surface area contributed by atoms with Crippen LogP contribution in [0.3, 0.4) is 0 Å². The van der Waals surface area contributed by atoms with Crippen LogP contribution >= 0.6 is 27.5 Å². The van der Waals surface area contributed by atoms with Crippen LogP contribution in [0.2, 0.25) is 0 Å². The molecule has 0 amide bonds. The van der Waals surface area contributed by atoms with Gasteiger partial charge in [0.15, 0.2) is 0 Å². The molecule has 0 spiro atoms. The molecule has 2 aromatic rings. The summed E-state index contributed by atoms with van der Waals surface area (Å²) in [4.78, 5) is 4.53. The van der Waals surface area contributed by atoms with Crippen molar-refractivity contribution in [1.82, 2.24) is 9.55 Å². The molecule has 5 heteroatoms. The first-order valence-corrected chi connectivity index (χ1v) is 7.28. The lowest BCUT2D eigenvalue weighted by atomic mass is 10.3. The molecule has 1 aliphatic rings. The van der Waals surface area contributed by atoms with Crippen LogP contribution in [0.4, 0.5) is 4.39 Å². The van der Waals surface area contributed by atoms with E-state index in [4.69, 9.17) is 11.6 Å². The average Bonchev–Trinajstić information content (AvgIpc) is 3.05. The van der Waals surface area contributed by atoms with Gasteiger partial charge >= 0.3 is 0 Å². The number of fused-ring (bicyclic) bond motifs is 1. The number of benzene rings is 1. The van der Waals surface area contributed by atoms with E-state index in [0.717, 1.165) is 23.4 Å². The van der Waals surface area contributed by atoms with Crippen LogP contribution in [-0.2, 0) is 6.54 Å². The van der Waals surface area contributed by atoms with Crippen LogP contribution < -0.4 is 0 Å². The highest BCUT2D eigenvalue weighted by atomic mass is 79.9. The first kappa shape index (κ1) is 12.4. The van der Waals surface area contributed by atoms with Crippen molar-refractivity contribution >= 4 is 38.6 Å². The summed E-state index contributed by atoms with van der Waals surface area (Å²) < 4.78 is 16.2. The Kier molecular flexibility index (Phi) is 3.10. The molecule has 0 N–H and O–H groups in total. The Labute approximate surface area is 118 Å². The third-order valence-corrected chi connectivity index (χ3v) is 4.12. The number of alkyl halides is 1. The number of halogens is 3. The third kappa shape index (κ3) is 2.16. The molecule has 0 bridgehead atoms. The van der Waals surface area contributed by atoms with Crippen molar-refractivity contribution in [3.63, 3.8) is 0 Å². The minimum Gasteiger partial charge on any atom is -0.326 e. The molecule has 1 atom stereocenters. The Morgan fingerprint density at radius 3 is 2.89 bits per heavy atom. The van der Waals surface area contributed by atoms with Gasteiger partial charge < -0.3 is 4.57 Å². The van der Waals surface area contributed by atoms with Crippen LogP contribution in [0, 0.1) is 11.7 Å². The summed E-state index contributed by atoms with van der Waals surface area (Å²) in [5, 5.41) is -0.169. The van der Waals surface area contributed by atoms with Gasteiger partial charge in [-0.25, -0.2) is 9.37 Å². The lowest BCUT2D eigenvalue weighted by Crippen LogP contribution is -2.06. The largest absolute Gasteiger partial charge is 0.326 e. The van der Waals surface area contributed by atoms with E-state index in [-0.39, 0.29) is 11.2 Å². The fourth-order valence-corrected chi connectivity index (χ4v) is 2.69. The topological polar surface area (TPSA) is 17.8 Å². The van der Waals surface area contributed by atoms with Gasteiger partial charge in [-0.2, -0.15) is 0 Å². The standard InChI is InChI=1S/C13H13BrClFN2/c1-7(15)13-17-11-4-9(14)10(16)5-12(11)18(13)6-8-2-3-8/h4-5,7-8H,2-3,6H2,1H3. The quantitative estimate of drug-likeness (QED) is 0.749. The average molecular weight is 332 g/mol. The summed E-state index contributed by atoms with van der Waals surface area (Å²) in [7, 11) is 0. The van der Waals surface area contributed by atoms with Gasteiger partial charge in [0.1, 0.15) is 11.6 Å². The number of nitrogens with zero attached hydrogens (tertiary/aromatic N) is 2. The van der Waals surface area contributed by atoms with E-state index in [9.17, 15) is 4.39 Å². The summed E-state index contributed by atoms with van der Waals surface area (Å²) in [5.74, 6) is 1.27. The highest BCUT2D eigenvalue weighted by Crippen LogP contribution is 2.35. The molecule has 1 saturated carbocycles. The van der Waals surface area contributed by atoms with Crippen LogP contribution in [0.5, 0.6) is 0 Å². The van der Waals surface area contributed by atoms with Gasteiger partial charge in [-0.15, -0.1) is 11.6 Å². The van der Waals surface area contributed by atoms with Crippen LogP contribution in [0.25, 0.3) is 11.0 Å². The minimum absolute atomic E-state index is 0.169. The molecule has 0 radical (unpaired) electrons. The van der Waals surface area contributed by atoms with Crippen LogP contribution in [-0.4, -0.2) is 9.55 Å². The van der Waals surface area contributed by atoms with Gasteiger partial charge in [-0.05, 0) is 47.7 Å². The smallest absolute Gasteiger partial charge is 0.139 e. The SMILES string of the molecule is CC(Cl)c1nc2cc(Br)c(F)cc2n1CC1CC1. The number of hydrogen-bond donors (Lipinski definition) is 0. The zero-order valence-electron chi connectivity index (χ0n) is 9.96. The molecule has 1 fully saturated rings. The summed E-state index contributed by atoms with van der Waals surface area (Å²) >= 11 is 9.37. The number of aromatic nitrogens is 2. The Balaban J connectivity index is 2.19. The van der Waals surface area contributed by atoms with Crippen molar-refractivity contribution in [2.45, 2.75) is 31.7 Å². The minimum atomic E-state index is -0.256. The molecule has 3 rings (SSSR count). The summed E-state index contributed by atoms with van der Waals surface area (Å²) in [6.07, 6.45) is 2.49. The van der Waals surface area contributed by atoms with E-state index >= 15 is 0 Å². The normalized spacial score (nSPS) is 17.3. The molecule has 1 heterocycles. The van der Waals surface area contributed by atoms with Crippen molar-refractivity contribution in [2.75, 3.05) is 0 Å². The zero-order chi connectivity index (χ0) is 12.9. The van der Waals surface area contributed by atoms with E-state index in [1.165, 1.54) is 18.9 Å². The van der Waals surface area contributed by atoms with Crippen molar-refractivity contribution in [2.24, 2.45) is 5.92 Å².